The van der Waals surface area contributed by atoms with E-state index in [1.165, 1.54) is 64.6 Å². The van der Waals surface area contributed by atoms with Gasteiger partial charge < -0.3 is 10.6 Å². The highest BCUT2D eigenvalue weighted by molar-refractivity contribution is 4.83. The van der Waals surface area contributed by atoms with E-state index < -0.39 is 0 Å². The van der Waals surface area contributed by atoms with Crippen LogP contribution >= 0.6 is 0 Å². The van der Waals surface area contributed by atoms with Gasteiger partial charge in [0.2, 0.25) is 0 Å². The summed E-state index contributed by atoms with van der Waals surface area (Å²) in [6.07, 6.45) is 14.7. The molecule has 2 aliphatic rings. The van der Waals surface area contributed by atoms with Crippen LogP contribution < -0.4 is 10.6 Å². The van der Waals surface area contributed by atoms with Gasteiger partial charge in [-0.3, -0.25) is 0 Å². The molecule has 0 amide bonds. The molecule has 0 heterocycles. The predicted molar refractivity (Wildman–Crippen MR) is 83.4 cm³/mol. The molecule has 19 heavy (non-hydrogen) atoms. The Morgan fingerprint density at radius 3 is 2.32 bits per heavy atom. The maximum absolute atomic E-state index is 3.65. The second-order valence-electron chi connectivity index (χ2n) is 6.94. The minimum absolute atomic E-state index is 1.04. The molecule has 0 spiro atoms. The van der Waals surface area contributed by atoms with Gasteiger partial charge in [-0.1, -0.05) is 25.7 Å². The fraction of sp³-hybridized carbons (Fsp3) is 1.00. The van der Waals surface area contributed by atoms with Gasteiger partial charge in [-0.2, -0.15) is 0 Å². The average molecular weight is 266 g/mol. The first-order valence-electron chi connectivity index (χ1n) is 8.73. The van der Waals surface area contributed by atoms with Crippen LogP contribution in [0.4, 0.5) is 0 Å². The largest absolute Gasteiger partial charge is 0.320 e. The third-order valence-electron chi connectivity index (χ3n) is 5.23. The van der Waals surface area contributed by atoms with Crippen LogP contribution in [-0.2, 0) is 0 Å². The summed E-state index contributed by atoms with van der Waals surface area (Å²) >= 11 is 0. The van der Waals surface area contributed by atoms with Crippen LogP contribution in [0.3, 0.4) is 0 Å². The third kappa shape index (κ3) is 5.83. The molecular weight excluding hydrogens is 232 g/mol. The summed E-state index contributed by atoms with van der Waals surface area (Å²) < 4.78 is 0. The number of nitrogens with one attached hydrogen (secondary N) is 2. The van der Waals surface area contributed by atoms with Crippen molar-refractivity contribution in [1.82, 2.24) is 10.6 Å². The zero-order valence-corrected chi connectivity index (χ0v) is 12.9. The molecule has 2 heteroatoms. The first kappa shape index (κ1) is 15.3. The van der Waals surface area contributed by atoms with Gasteiger partial charge in [-0.15, -0.1) is 0 Å². The standard InChI is InChI=1S/C17H34N2/c1-18-9-3-2-4-10-19-11-8-17-13-15-6-5-7-16(12-15)14-17/h15-19H,2-14H2,1H3. The van der Waals surface area contributed by atoms with Gasteiger partial charge in [0.05, 0.1) is 0 Å². The van der Waals surface area contributed by atoms with Crippen molar-refractivity contribution in [1.29, 1.82) is 0 Å². The second-order valence-corrected chi connectivity index (χ2v) is 6.94. The van der Waals surface area contributed by atoms with Gasteiger partial charge in [-0.25, -0.2) is 0 Å². The van der Waals surface area contributed by atoms with Crippen LogP contribution in [0.1, 0.15) is 64.2 Å². The van der Waals surface area contributed by atoms with Crippen LogP contribution in [-0.4, -0.2) is 26.7 Å². The second kappa shape index (κ2) is 8.97. The minimum Gasteiger partial charge on any atom is -0.320 e. The van der Waals surface area contributed by atoms with Crippen molar-refractivity contribution in [3.63, 3.8) is 0 Å². The smallest absolute Gasteiger partial charge is 0.00463 e. The van der Waals surface area contributed by atoms with E-state index in [9.17, 15) is 0 Å². The predicted octanol–water partition coefficient (Wildman–Crippen LogP) is 3.57. The summed E-state index contributed by atoms with van der Waals surface area (Å²) in [7, 11) is 2.04. The summed E-state index contributed by atoms with van der Waals surface area (Å²) in [5.74, 6) is 3.24. The summed E-state index contributed by atoms with van der Waals surface area (Å²) in [5, 5.41) is 6.87. The van der Waals surface area contributed by atoms with E-state index in [-0.39, 0.29) is 0 Å². The van der Waals surface area contributed by atoms with Crippen LogP contribution in [0.2, 0.25) is 0 Å². The molecule has 0 aromatic heterocycles. The molecule has 2 N–H and O–H groups in total. The minimum atomic E-state index is 1.04. The molecule has 0 saturated heterocycles. The number of hydrogen-bond donors (Lipinski definition) is 2. The van der Waals surface area contributed by atoms with Gasteiger partial charge in [0.15, 0.2) is 0 Å². The van der Waals surface area contributed by atoms with Crippen molar-refractivity contribution in [2.24, 2.45) is 17.8 Å². The lowest BCUT2D eigenvalue weighted by molar-refractivity contribution is 0.132. The van der Waals surface area contributed by atoms with E-state index in [1.54, 1.807) is 19.3 Å². The molecule has 0 aliphatic heterocycles. The highest BCUT2D eigenvalue weighted by atomic mass is 14.8. The zero-order valence-electron chi connectivity index (χ0n) is 12.9. The molecule has 2 nitrogen and oxygen atoms in total. The number of fused-ring (bicyclic) bond motifs is 2. The van der Waals surface area contributed by atoms with Crippen LogP contribution in [0.25, 0.3) is 0 Å². The molecule has 2 unspecified atom stereocenters. The Labute approximate surface area is 120 Å². The zero-order chi connectivity index (χ0) is 13.3. The van der Waals surface area contributed by atoms with Crippen molar-refractivity contribution in [3.05, 3.63) is 0 Å². The average Bonchev–Trinajstić information content (AvgIpc) is 2.41. The SMILES string of the molecule is CNCCCCCNCCC1CC2CCCC(C2)C1. The van der Waals surface area contributed by atoms with E-state index in [2.05, 4.69) is 10.6 Å². The summed E-state index contributed by atoms with van der Waals surface area (Å²) in [5.41, 5.74) is 0. The quantitative estimate of drug-likeness (QED) is 0.623. The van der Waals surface area contributed by atoms with Gasteiger partial charge >= 0.3 is 0 Å². The molecular formula is C17H34N2. The number of rotatable bonds is 9. The number of hydrogen-bond acceptors (Lipinski definition) is 2. The molecule has 2 aliphatic carbocycles. The Balaban J connectivity index is 1.45. The highest BCUT2D eigenvalue weighted by Crippen LogP contribution is 2.43. The van der Waals surface area contributed by atoms with E-state index in [0.717, 1.165) is 17.8 Å². The molecule has 2 bridgehead atoms. The molecule has 2 atom stereocenters. The van der Waals surface area contributed by atoms with Crippen LogP contribution in [0.5, 0.6) is 0 Å². The van der Waals surface area contributed by atoms with Gasteiger partial charge in [0, 0.05) is 0 Å². The Bertz CT molecular complexity index is 217. The maximum atomic E-state index is 3.65. The Kier molecular flexibility index (Phi) is 7.23. The Morgan fingerprint density at radius 1 is 0.842 bits per heavy atom. The van der Waals surface area contributed by atoms with E-state index in [1.807, 2.05) is 7.05 Å². The normalized spacial score (nSPS) is 30.5. The molecule has 0 aromatic rings. The lowest BCUT2D eigenvalue weighted by atomic mass is 9.67. The molecule has 2 rings (SSSR count). The van der Waals surface area contributed by atoms with Crippen LogP contribution in [0, 0.1) is 17.8 Å². The lowest BCUT2D eigenvalue weighted by Gasteiger charge is -2.39. The first-order valence-corrected chi connectivity index (χ1v) is 8.73. The molecule has 2 saturated carbocycles. The lowest BCUT2D eigenvalue weighted by Crippen LogP contribution is -2.29. The Morgan fingerprint density at radius 2 is 1.58 bits per heavy atom. The maximum Gasteiger partial charge on any atom is -0.00463 e. The summed E-state index contributed by atoms with van der Waals surface area (Å²) in [6.45, 7) is 3.66. The van der Waals surface area contributed by atoms with Gasteiger partial charge in [-0.05, 0) is 83.0 Å². The van der Waals surface area contributed by atoms with Crippen molar-refractivity contribution < 1.29 is 0 Å². The first-order chi connectivity index (χ1) is 9.38. The van der Waals surface area contributed by atoms with E-state index in [0.29, 0.717) is 0 Å². The van der Waals surface area contributed by atoms with Crippen molar-refractivity contribution in [2.45, 2.75) is 64.2 Å². The van der Waals surface area contributed by atoms with Crippen molar-refractivity contribution >= 4 is 0 Å². The topological polar surface area (TPSA) is 24.1 Å². The monoisotopic (exact) mass is 266 g/mol. The summed E-state index contributed by atoms with van der Waals surface area (Å²) in [4.78, 5) is 0. The van der Waals surface area contributed by atoms with E-state index >= 15 is 0 Å². The third-order valence-corrected chi connectivity index (χ3v) is 5.23. The van der Waals surface area contributed by atoms with Crippen molar-refractivity contribution in [3.8, 4) is 0 Å². The Hall–Kier alpha value is -0.0800. The fourth-order valence-electron chi connectivity index (χ4n) is 4.26. The summed E-state index contributed by atoms with van der Waals surface area (Å²) in [6, 6.07) is 0. The van der Waals surface area contributed by atoms with E-state index in [4.69, 9.17) is 0 Å². The van der Waals surface area contributed by atoms with Crippen molar-refractivity contribution in [2.75, 3.05) is 26.7 Å². The molecule has 112 valence electrons. The van der Waals surface area contributed by atoms with Gasteiger partial charge in [0.1, 0.15) is 0 Å². The molecule has 0 aromatic carbocycles. The fourth-order valence-corrected chi connectivity index (χ4v) is 4.26. The molecule has 0 radical (unpaired) electrons. The van der Waals surface area contributed by atoms with Crippen LogP contribution in [0.15, 0.2) is 0 Å². The number of unbranched alkanes of at least 4 members (excludes halogenated alkanes) is 2. The molecule has 2 fully saturated rings. The highest BCUT2D eigenvalue weighted by Gasteiger charge is 2.31. The van der Waals surface area contributed by atoms with Gasteiger partial charge in [0.25, 0.3) is 0 Å².